The largest absolute Gasteiger partial charge is 0.352 e. The molecule has 2 heterocycles. The first-order valence-electron chi connectivity index (χ1n) is 9.89. The van der Waals surface area contributed by atoms with Gasteiger partial charge in [0.15, 0.2) is 0 Å². The maximum Gasteiger partial charge on any atom is 0.227 e. The highest BCUT2D eigenvalue weighted by molar-refractivity contribution is 5.96. The molecule has 0 fully saturated rings. The van der Waals surface area contributed by atoms with Gasteiger partial charge in [-0.3, -0.25) is 14.3 Å². The SMILES string of the molecule is O=C(CC[C@@H]1Cc2ccccc2NC1=O)NCc1ccccc1Cn1cccn1. The van der Waals surface area contributed by atoms with Crippen molar-refractivity contribution in [3.8, 4) is 0 Å². The van der Waals surface area contributed by atoms with Crippen LogP contribution in [0.2, 0.25) is 0 Å². The van der Waals surface area contributed by atoms with Crippen molar-refractivity contribution in [2.24, 2.45) is 5.92 Å². The van der Waals surface area contributed by atoms with E-state index in [9.17, 15) is 9.59 Å². The van der Waals surface area contributed by atoms with Gasteiger partial charge in [-0.25, -0.2) is 0 Å². The average molecular weight is 388 g/mol. The van der Waals surface area contributed by atoms with Crippen molar-refractivity contribution in [1.82, 2.24) is 15.1 Å². The smallest absolute Gasteiger partial charge is 0.227 e. The van der Waals surface area contributed by atoms with Gasteiger partial charge in [0.05, 0.1) is 6.54 Å². The van der Waals surface area contributed by atoms with E-state index in [2.05, 4.69) is 15.7 Å². The molecule has 4 rings (SSSR count). The van der Waals surface area contributed by atoms with Gasteiger partial charge in [-0.15, -0.1) is 0 Å². The number of para-hydroxylation sites is 1. The third kappa shape index (κ3) is 4.71. The van der Waals surface area contributed by atoms with Gasteiger partial charge in [0.1, 0.15) is 0 Å². The van der Waals surface area contributed by atoms with Crippen molar-refractivity contribution < 1.29 is 9.59 Å². The van der Waals surface area contributed by atoms with E-state index in [4.69, 9.17) is 0 Å². The first-order valence-corrected chi connectivity index (χ1v) is 9.89. The normalized spacial score (nSPS) is 15.4. The maximum absolute atomic E-state index is 12.4. The molecule has 2 amide bonds. The van der Waals surface area contributed by atoms with Crippen LogP contribution in [0.3, 0.4) is 0 Å². The van der Waals surface area contributed by atoms with Crippen LogP contribution in [0.5, 0.6) is 0 Å². The van der Waals surface area contributed by atoms with Crippen molar-refractivity contribution in [1.29, 1.82) is 0 Å². The number of rotatable bonds is 7. The summed E-state index contributed by atoms with van der Waals surface area (Å²) in [4.78, 5) is 24.7. The van der Waals surface area contributed by atoms with Crippen LogP contribution in [0, 0.1) is 5.92 Å². The van der Waals surface area contributed by atoms with Gasteiger partial charge >= 0.3 is 0 Å². The van der Waals surface area contributed by atoms with E-state index in [1.807, 2.05) is 65.5 Å². The van der Waals surface area contributed by atoms with E-state index in [0.29, 0.717) is 32.4 Å². The van der Waals surface area contributed by atoms with E-state index < -0.39 is 0 Å². The van der Waals surface area contributed by atoms with Crippen molar-refractivity contribution >= 4 is 17.5 Å². The molecule has 1 aliphatic heterocycles. The number of fused-ring (bicyclic) bond motifs is 1. The van der Waals surface area contributed by atoms with E-state index in [1.165, 1.54) is 0 Å². The second kappa shape index (κ2) is 8.73. The van der Waals surface area contributed by atoms with Crippen LogP contribution in [0.15, 0.2) is 67.0 Å². The van der Waals surface area contributed by atoms with Crippen LogP contribution >= 0.6 is 0 Å². The number of carbonyl (C=O) groups excluding carboxylic acids is 2. The van der Waals surface area contributed by atoms with Crippen LogP contribution in [-0.2, 0) is 29.1 Å². The molecule has 0 saturated heterocycles. The Balaban J connectivity index is 1.29. The summed E-state index contributed by atoms with van der Waals surface area (Å²) in [6, 6.07) is 17.7. The van der Waals surface area contributed by atoms with E-state index >= 15 is 0 Å². The van der Waals surface area contributed by atoms with E-state index in [0.717, 1.165) is 22.4 Å². The van der Waals surface area contributed by atoms with E-state index in [-0.39, 0.29) is 17.7 Å². The summed E-state index contributed by atoms with van der Waals surface area (Å²) in [5.41, 5.74) is 4.21. The number of aromatic nitrogens is 2. The summed E-state index contributed by atoms with van der Waals surface area (Å²) in [7, 11) is 0. The minimum absolute atomic E-state index is 0.000989. The Morgan fingerprint density at radius 2 is 1.90 bits per heavy atom. The van der Waals surface area contributed by atoms with Crippen LogP contribution in [0.4, 0.5) is 5.69 Å². The van der Waals surface area contributed by atoms with Gasteiger partial charge in [0.2, 0.25) is 11.8 Å². The predicted octanol–water partition coefficient (Wildman–Crippen LogP) is 3.14. The Hall–Kier alpha value is -3.41. The molecule has 0 aliphatic carbocycles. The maximum atomic E-state index is 12.4. The molecule has 2 N–H and O–H groups in total. The van der Waals surface area contributed by atoms with Gasteiger partial charge in [0.25, 0.3) is 0 Å². The highest BCUT2D eigenvalue weighted by Crippen LogP contribution is 2.27. The molecule has 0 spiro atoms. The third-order valence-electron chi connectivity index (χ3n) is 5.32. The second-order valence-electron chi connectivity index (χ2n) is 7.34. The Bertz CT molecular complexity index is 998. The lowest BCUT2D eigenvalue weighted by Crippen LogP contribution is -2.31. The van der Waals surface area contributed by atoms with Crippen LogP contribution < -0.4 is 10.6 Å². The molecule has 0 saturated carbocycles. The topological polar surface area (TPSA) is 76.0 Å². The average Bonchev–Trinajstić information content (AvgIpc) is 3.24. The number of nitrogens with one attached hydrogen (secondary N) is 2. The fraction of sp³-hybridized carbons (Fsp3) is 0.261. The molecule has 1 atom stereocenters. The number of carbonyl (C=O) groups is 2. The molecule has 148 valence electrons. The highest BCUT2D eigenvalue weighted by atomic mass is 16.2. The molecule has 0 unspecified atom stereocenters. The summed E-state index contributed by atoms with van der Waals surface area (Å²) >= 11 is 0. The summed E-state index contributed by atoms with van der Waals surface area (Å²) in [6.45, 7) is 1.14. The lowest BCUT2D eigenvalue weighted by Gasteiger charge is -2.24. The number of benzene rings is 2. The van der Waals surface area contributed by atoms with Gasteiger partial charge in [0, 0.05) is 37.0 Å². The number of anilines is 1. The molecular weight excluding hydrogens is 364 g/mol. The van der Waals surface area contributed by atoms with Gasteiger partial charge in [-0.05, 0) is 41.7 Å². The summed E-state index contributed by atoms with van der Waals surface area (Å²) in [5, 5.41) is 10.2. The minimum Gasteiger partial charge on any atom is -0.352 e. The standard InChI is InChI=1S/C23H24N4O2/c28-22(11-10-18-14-17-6-3-4-9-21(17)26-23(18)29)24-15-19-7-1-2-8-20(19)16-27-13-5-12-25-27/h1-9,12-13,18H,10-11,14-16H2,(H,24,28)(H,26,29)/t18-/m1/s1. The molecule has 29 heavy (non-hydrogen) atoms. The number of hydrogen-bond donors (Lipinski definition) is 2. The molecule has 1 aromatic heterocycles. The van der Waals surface area contributed by atoms with Crippen LogP contribution in [0.1, 0.15) is 29.5 Å². The first-order chi connectivity index (χ1) is 14.2. The van der Waals surface area contributed by atoms with Gasteiger partial charge < -0.3 is 10.6 Å². The molecular formula is C23H24N4O2. The molecule has 3 aromatic rings. The number of amides is 2. The molecule has 1 aliphatic rings. The fourth-order valence-corrected chi connectivity index (χ4v) is 3.69. The van der Waals surface area contributed by atoms with Crippen molar-refractivity contribution in [3.05, 3.63) is 83.7 Å². The number of nitrogens with zero attached hydrogens (tertiary/aromatic N) is 2. The lowest BCUT2D eigenvalue weighted by atomic mass is 9.89. The molecule has 6 nitrogen and oxygen atoms in total. The van der Waals surface area contributed by atoms with Crippen LogP contribution in [0.25, 0.3) is 0 Å². The third-order valence-corrected chi connectivity index (χ3v) is 5.32. The van der Waals surface area contributed by atoms with Crippen molar-refractivity contribution in [2.75, 3.05) is 5.32 Å². The molecule has 2 aromatic carbocycles. The Kier molecular flexibility index (Phi) is 5.70. The number of hydrogen-bond acceptors (Lipinski definition) is 3. The zero-order valence-corrected chi connectivity index (χ0v) is 16.2. The Morgan fingerprint density at radius 1 is 1.10 bits per heavy atom. The summed E-state index contributed by atoms with van der Waals surface area (Å²) in [6.07, 6.45) is 5.23. The van der Waals surface area contributed by atoms with Crippen LogP contribution in [-0.4, -0.2) is 21.6 Å². The van der Waals surface area contributed by atoms with E-state index in [1.54, 1.807) is 6.20 Å². The fourth-order valence-electron chi connectivity index (χ4n) is 3.69. The van der Waals surface area contributed by atoms with Crippen molar-refractivity contribution in [2.45, 2.75) is 32.4 Å². The summed E-state index contributed by atoms with van der Waals surface area (Å²) in [5.74, 6) is -0.200. The first kappa shape index (κ1) is 18.9. The zero-order valence-electron chi connectivity index (χ0n) is 16.2. The second-order valence-corrected chi connectivity index (χ2v) is 7.34. The van der Waals surface area contributed by atoms with Gasteiger partial charge in [-0.1, -0.05) is 42.5 Å². The lowest BCUT2D eigenvalue weighted by molar-refractivity contribution is -0.122. The minimum atomic E-state index is -0.164. The van der Waals surface area contributed by atoms with Gasteiger partial charge in [-0.2, -0.15) is 5.10 Å². The molecule has 6 heteroatoms. The zero-order chi connectivity index (χ0) is 20.1. The Morgan fingerprint density at radius 3 is 2.72 bits per heavy atom. The summed E-state index contributed by atoms with van der Waals surface area (Å²) < 4.78 is 1.86. The molecule has 0 bridgehead atoms. The van der Waals surface area contributed by atoms with Crippen molar-refractivity contribution in [3.63, 3.8) is 0 Å². The quantitative estimate of drug-likeness (QED) is 0.653. The Labute approximate surface area is 169 Å². The highest BCUT2D eigenvalue weighted by Gasteiger charge is 2.26. The molecule has 0 radical (unpaired) electrons. The monoisotopic (exact) mass is 388 g/mol. The predicted molar refractivity (Wildman–Crippen MR) is 111 cm³/mol.